The van der Waals surface area contributed by atoms with Crippen LogP contribution in [0.2, 0.25) is 0 Å². The van der Waals surface area contributed by atoms with E-state index in [-0.39, 0.29) is 0 Å². The zero-order valence-electron chi connectivity index (χ0n) is 12.4. The van der Waals surface area contributed by atoms with Gasteiger partial charge in [0, 0.05) is 10.2 Å². The summed E-state index contributed by atoms with van der Waals surface area (Å²) in [6.45, 7) is 0. The van der Waals surface area contributed by atoms with Crippen LogP contribution < -0.4 is 0 Å². The van der Waals surface area contributed by atoms with Crippen molar-refractivity contribution in [2.24, 2.45) is 0 Å². The highest BCUT2D eigenvalue weighted by molar-refractivity contribution is 9.10. The molecule has 0 N–H and O–H groups in total. The Morgan fingerprint density at radius 3 is 2.70 bits per heavy atom. The lowest BCUT2D eigenvalue weighted by molar-refractivity contribution is 0.917. The van der Waals surface area contributed by atoms with Crippen molar-refractivity contribution < 1.29 is 0 Å². The molecule has 0 aliphatic heterocycles. The molecule has 1 aliphatic carbocycles. The predicted octanol–water partition coefficient (Wildman–Crippen LogP) is 5.00. The molecule has 5 rings (SSSR count). The van der Waals surface area contributed by atoms with Crippen LogP contribution in [0, 0.1) is 0 Å². The van der Waals surface area contributed by atoms with Gasteiger partial charge in [0.25, 0.3) is 0 Å². The first kappa shape index (κ1) is 13.1. The van der Waals surface area contributed by atoms with Gasteiger partial charge in [-0.3, -0.25) is 8.97 Å². The monoisotopic (exact) mass is 363 g/mol. The third-order valence-corrected chi connectivity index (χ3v) is 4.99. The molecule has 112 valence electrons. The van der Waals surface area contributed by atoms with Gasteiger partial charge in [-0.25, -0.2) is 4.98 Å². The zero-order chi connectivity index (χ0) is 15.4. The molecule has 1 aliphatic rings. The van der Waals surface area contributed by atoms with Crippen molar-refractivity contribution in [2.45, 2.75) is 12.8 Å². The first-order valence-corrected chi connectivity index (χ1v) is 8.55. The van der Waals surface area contributed by atoms with E-state index in [1.54, 1.807) is 0 Å². The predicted molar refractivity (Wildman–Crippen MR) is 97.1 cm³/mol. The van der Waals surface area contributed by atoms with Crippen LogP contribution in [-0.2, 0) is 6.42 Å². The summed E-state index contributed by atoms with van der Waals surface area (Å²) in [6.07, 6.45) is 6.61. The lowest BCUT2D eigenvalue weighted by atomic mass is 10.1. The van der Waals surface area contributed by atoms with Crippen LogP contribution in [0.5, 0.6) is 0 Å². The molecular formula is C19H14BrN3. The smallest absolute Gasteiger partial charge is 0.220 e. The number of rotatable bonds is 1. The van der Waals surface area contributed by atoms with Crippen LogP contribution in [0.3, 0.4) is 0 Å². The summed E-state index contributed by atoms with van der Waals surface area (Å²) >= 11 is 3.52. The third-order valence-electron chi connectivity index (χ3n) is 4.46. The number of aromatic nitrogens is 3. The summed E-state index contributed by atoms with van der Waals surface area (Å²) in [5.74, 6) is 0.991. The number of nitrogens with zero attached hydrogens (tertiary/aromatic N) is 3. The van der Waals surface area contributed by atoms with Crippen molar-refractivity contribution >= 4 is 38.8 Å². The Kier molecular flexibility index (Phi) is 2.76. The zero-order valence-corrected chi connectivity index (χ0v) is 14.0. The fourth-order valence-electron chi connectivity index (χ4n) is 3.45. The Bertz CT molecular complexity index is 1070. The number of hydrogen-bond acceptors (Lipinski definition) is 1. The molecule has 3 nitrogen and oxygen atoms in total. The van der Waals surface area contributed by atoms with Gasteiger partial charge in [0.05, 0.1) is 22.4 Å². The number of benzene rings is 2. The van der Waals surface area contributed by atoms with E-state index >= 15 is 0 Å². The minimum atomic E-state index is 0.991. The number of allylic oxidation sites excluding steroid dienone is 1. The van der Waals surface area contributed by atoms with E-state index in [0.717, 1.165) is 34.3 Å². The van der Waals surface area contributed by atoms with E-state index in [2.05, 4.69) is 79.5 Å². The Morgan fingerprint density at radius 2 is 1.83 bits per heavy atom. The van der Waals surface area contributed by atoms with E-state index in [9.17, 15) is 0 Å². The molecule has 2 heterocycles. The Hall–Kier alpha value is -2.33. The molecule has 0 bridgehead atoms. The molecule has 0 saturated heterocycles. The van der Waals surface area contributed by atoms with Crippen LogP contribution in [0.4, 0.5) is 0 Å². The first-order chi connectivity index (χ1) is 11.3. The fourth-order valence-corrected chi connectivity index (χ4v) is 3.72. The van der Waals surface area contributed by atoms with Crippen molar-refractivity contribution in [3.63, 3.8) is 0 Å². The second kappa shape index (κ2) is 4.83. The van der Waals surface area contributed by atoms with Crippen molar-refractivity contribution in [3.05, 3.63) is 70.5 Å². The Balaban J connectivity index is 1.94. The van der Waals surface area contributed by atoms with Gasteiger partial charge in [-0.15, -0.1) is 0 Å². The molecule has 0 saturated carbocycles. The molecule has 2 aromatic heterocycles. The highest BCUT2D eigenvalue weighted by Crippen LogP contribution is 2.31. The first-order valence-electron chi connectivity index (χ1n) is 7.76. The van der Waals surface area contributed by atoms with E-state index in [0.29, 0.717) is 0 Å². The number of aryl methyl sites for hydroxylation is 1. The van der Waals surface area contributed by atoms with Crippen molar-refractivity contribution in [1.82, 2.24) is 14.0 Å². The van der Waals surface area contributed by atoms with E-state index in [1.165, 1.54) is 16.9 Å². The Morgan fingerprint density at radius 1 is 1.00 bits per heavy atom. The van der Waals surface area contributed by atoms with Gasteiger partial charge >= 0.3 is 0 Å². The van der Waals surface area contributed by atoms with Crippen LogP contribution in [-0.4, -0.2) is 14.0 Å². The number of hydrogen-bond donors (Lipinski definition) is 0. The normalized spacial score (nSPS) is 13.8. The van der Waals surface area contributed by atoms with Gasteiger partial charge in [-0.05, 0) is 55.3 Å². The fraction of sp³-hybridized carbons (Fsp3) is 0.105. The molecular weight excluding hydrogens is 350 g/mol. The minimum absolute atomic E-state index is 0.991. The van der Waals surface area contributed by atoms with Gasteiger partial charge in [-0.2, -0.15) is 0 Å². The third kappa shape index (κ3) is 1.85. The van der Waals surface area contributed by atoms with Gasteiger partial charge in [0.15, 0.2) is 0 Å². The highest BCUT2D eigenvalue weighted by atomic mass is 79.9. The SMILES string of the molecule is Brc1ccc(-n2c3c(n4c5ccccc5nc24)CCC=C3)cc1. The second-order valence-electron chi connectivity index (χ2n) is 5.82. The topological polar surface area (TPSA) is 22.2 Å². The molecule has 4 heteroatoms. The van der Waals surface area contributed by atoms with Crippen LogP contribution >= 0.6 is 15.9 Å². The van der Waals surface area contributed by atoms with E-state index < -0.39 is 0 Å². The molecule has 23 heavy (non-hydrogen) atoms. The van der Waals surface area contributed by atoms with E-state index in [1.807, 2.05) is 6.07 Å². The van der Waals surface area contributed by atoms with Crippen LogP contribution in [0.25, 0.3) is 28.6 Å². The van der Waals surface area contributed by atoms with Crippen molar-refractivity contribution in [1.29, 1.82) is 0 Å². The maximum Gasteiger partial charge on any atom is 0.220 e. The molecule has 4 aromatic rings. The van der Waals surface area contributed by atoms with E-state index in [4.69, 9.17) is 4.98 Å². The highest BCUT2D eigenvalue weighted by Gasteiger charge is 2.21. The molecule has 0 unspecified atom stereocenters. The maximum absolute atomic E-state index is 4.90. The van der Waals surface area contributed by atoms with Crippen LogP contribution in [0.1, 0.15) is 17.8 Å². The quantitative estimate of drug-likeness (QED) is 0.466. The van der Waals surface area contributed by atoms with Gasteiger partial charge < -0.3 is 0 Å². The number of halogens is 1. The summed E-state index contributed by atoms with van der Waals surface area (Å²) in [5, 5.41) is 0. The minimum Gasteiger partial charge on any atom is -0.280 e. The van der Waals surface area contributed by atoms with Crippen LogP contribution in [0.15, 0.2) is 59.1 Å². The number of imidazole rings is 2. The summed E-state index contributed by atoms with van der Waals surface area (Å²) in [7, 11) is 0. The number of para-hydroxylation sites is 2. The molecule has 2 aromatic carbocycles. The lowest BCUT2D eigenvalue weighted by Gasteiger charge is -2.10. The molecule has 0 radical (unpaired) electrons. The Labute approximate surface area is 142 Å². The number of fused-ring (bicyclic) bond motifs is 5. The standard InChI is InChI=1S/C19H14BrN3/c20-13-9-11-14(12-10-13)22-17-7-3-4-8-18(17)23-16-6-2-1-5-15(16)21-19(22)23/h1-3,5-7,9-12H,4,8H2. The lowest BCUT2D eigenvalue weighted by Crippen LogP contribution is -2.01. The summed E-state index contributed by atoms with van der Waals surface area (Å²) in [6, 6.07) is 16.8. The average molecular weight is 364 g/mol. The molecule has 0 fully saturated rings. The van der Waals surface area contributed by atoms with Gasteiger partial charge in [-0.1, -0.05) is 34.1 Å². The average Bonchev–Trinajstić information content (AvgIpc) is 3.10. The molecule has 0 atom stereocenters. The summed E-state index contributed by atoms with van der Waals surface area (Å²) < 4.78 is 5.66. The summed E-state index contributed by atoms with van der Waals surface area (Å²) in [4.78, 5) is 4.90. The van der Waals surface area contributed by atoms with Crippen molar-refractivity contribution in [3.8, 4) is 5.69 Å². The molecule has 0 amide bonds. The molecule has 0 spiro atoms. The van der Waals surface area contributed by atoms with Gasteiger partial charge in [0.1, 0.15) is 0 Å². The summed E-state index contributed by atoms with van der Waals surface area (Å²) in [5.41, 5.74) is 5.96. The maximum atomic E-state index is 4.90. The van der Waals surface area contributed by atoms with Gasteiger partial charge in [0.2, 0.25) is 5.78 Å². The second-order valence-corrected chi connectivity index (χ2v) is 6.74. The largest absolute Gasteiger partial charge is 0.280 e. The van der Waals surface area contributed by atoms with Crippen molar-refractivity contribution in [2.75, 3.05) is 0 Å².